The van der Waals surface area contributed by atoms with Gasteiger partial charge in [-0.05, 0) is 37.1 Å². The first-order valence-electron chi connectivity index (χ1n) is 9.60. The van der Waals surface area contributed by atoms with Gasteiger partial charge in [0, 0.05) is 44.9 Å². The number of nitrogens with zero attached hydrogens (tertiary/aromatic N) is 3. The van der Waals surface area contributed by atoms with Crippen LogP contribution in [0.2, 0.25) is 0 Å². The van der Waals surface area contributed by atoms with Gasteiger partial charge in [-0.15, -0.1) is 0 Å². The lowest BCUT2D eigenvalue weighted by atomic mass is 10.0. The Morgan fingerprint density at radius 2 is 1.87 bits per heavy atom. The number of aromatic nitrogens is 1. The minimum Gasteiger partial charge on any atom is -0.375 e. The van der Waals surface area contributed by atoms with Gasteiger partial charge < -0.3 is 19.9 Å². The van der Waals surface area contributed by atoms with Gasteiger partial charge in [0.25, 0.3) is 0 Å². The molecule has 2 aromatic rings. The molecule has 1 fully saturated rings. The topological polar surface area (TPSA) is 74.8 Å². The minimum absolute atomic E-state index is 0.0131. The lowest BCUT2D eigenvalue weighted by molar-refractivity contribution is -0.136. The predicted molar refractivity (Wildman–Crippen MR) is 108 cm³/mol. The maximum atomic E-state index is 13.4. The Labute approximate surface area is 173 Å². The molecule has 0 bridgehead atoms. The van der Waals surface area contributed by atoms with Crippen LogP contribution in [-0.4, -0.2) is 66.6 Å². The molecule has 0 unspecified atom stereocenters. The Morgan fingerprint density at radius 1 is 1.20 bits per heavy atom. The van der Waals surface area contributed by atoms with Crippen molar-refractivity contribution >= 4 is 17.6 Å². The Hall–Kier alpha value is -3.07. The third-order valence-electron chi connectivity index (χ3n) is 5.13. The number of pyridine rings is 1. The van der Waals surface area contributed by atoms with E-state index in [0.29, 0.717) is 42.9 Å². The number of nitrogens with one attached hydrogen (secondary N) is 1. The largest absolute Gasteiger partial charge is 0.375 e. The van der Waals surface area contributed by atoms with E-state index in [1.54, 1.807) is 29.0 Å². The van der Waals surface area contributed by atoms with Crippen molar-refractivity contribution in [3.8, 4) is 11.3 Å². The molecule has 30 heavy (non-hydrogen) atoms. The third-order valence-corrected chi connectivity index (χ3v) is 5.13. The molecule has 3 amide bonds. The summed E-state index contributed by atoms with van der Waals surface area (Å²) in [6, 6.07) is 6.13. The Kier molecular flexibility index (Phi) is 6.94. The average molecular weight is 418 g/mol. The fourth-order valence-electron chi connectivity index (χ4n) is 3.44. The van der Waals surface area contributed by atoms with Crippen molar-refractivity contribution in [2.45, 2.75) is 18.9 Å². The molecule has 160 valence electrons. The van der Waals surface area contributed by atoms with Crippen LogP contribution in [0.5, 0.6) is 0 Å². The number of anilines is 1. The number of hydrogen-bond acceptors (Lipinski definition) is 4. The number of hydrogen-bond donors (Lipinski definition) is 1. The van der Waals surface area contributed by atoms with E-state index in [0.717, 1.165) is 6.07 Å². The SMILES string of the molecule is COCC(=O)N1CCC(N(C)C(=O)Nc2ccc(-c3cc(F)cc(F)c3)nc2)CC1. The molecule has 1 aromatic heterocycles. The molecule has 1 N–H and O–H groups in total. The smallest absolute Gasteiger partial charge is 0.321 e. The molecule has 2 heterocycles. The summed E-state index contributed by atoms with van der Waals surface area (Å²) in [7, 11) is 3.20. The number of carbonyl (C=O) groups excluding carboxylic acids is 2. The van der Waals surface area contributed by atoms with E-state index < -0.39 is 11.6 Å². The number of carbonyl (C=O) groups is 2. The highest BCUT2D eigenvalue weighted by atomic mass is 19.1. The average Bonchev–Trinajstić information content (AvgIpc) is 2.73. The summed E-state index contributed by atoms with van der Waals surface area (Å²) >= 11 is 0. The first-order valence-corrected chi connectivity index (χ1v) is 9.60. The fraction of sp³-hybridized carbons (Fsp3) is 0.381. The highest BCUT2D eigenvalue weighted by Crippen LogP contribution is 2.22. The van der Waals surface area contributed by atoms with Gasteiger partial charge >= 0.3 is 6.03 Å². The third kappa shape index (κ3) is 5.29. The van der Waals surface area contributed by atoms with Gasteiger partial charge in [-0.3, -0.25) is 9.78 Å². The number of urea groups is 1. The molecule has 1 aliphatic heterocycles. The van der Waals surface area contributed by atoms with Crippen molar-refractivity contribution in [1.29, 1.82) is 0 Å². The van der Waals surface area contributed by atoms with Gasteiger partial charge in [0.05, 0.1) is 17.6 Å². The molecule has 0 saturated carbocycles. The normalized spacial score (nSPS) is 14.5. The van der Waals surface area contributed by atoms with Crippen molar-refractivity contribution in [3.63, 3.8) is 0 Å². The van der Waals surface area contributed by atoms with Crippen LogP contribution in [0.1, 0.15) is 12.8 Å². The number of halogens is 2. The first kappa shape index (κ1) is 21.6. The molecule has 0 radical (unpaired) electrons. The number of rotatable bonds is 5. The van der Waals surface area contributed by atoms with Gasteiger partial charge in [0.1, 0.15) is 18.2 Å². The van der Waals surface area contributed by atoms with Gasteiger partial charge in [0.2, 0.25) is 5.91 Å². The van der Waals surface area contributed by atoms with Gasteiger partial charge in [-0.25, -0.2) is 13.6 Å². The maximum Gasteiger partial charge on any atom is 0.321 e. The zero-order valence-corrected chi connectivity index (χ0v) is 16.9. The van der Waals surface area contributed by atoms with Gasteiger partial charge in [0.15, 0.2) is 0 Å². The van der Waals surface area contributed by atoms with Crippen molar-refractivity contribution < 1.29 is 23.1 Å². The van der Waals surface area contributed by atoms with Crippen molar-refractivity contribution in [1.82, 2.24) is 14.8 Å². The summed E-state index contributed by atoms with van der Waals surface area (Å²) in [6.45, 7) is 1.21. The molecule has 9 heteroatoms. The van der Waals surface area contributed by atoms with E-state index in [9.17, 15) is 18.4 Å². The lowest BCUT2D eigenvalue weighted by Crippen LogP contribution is -2.49. The standard InChI is InChI=1S/C21H24F2N4O3/c1-26(18-5-7-27(8-6-18)20(28)13-30-2)21(29)25-17-3-4-19(24-12-17)14-9-15(22)11-16(23)10-14/h3-4,9-12,18H,5-8,13H2,1-2H3,(H,25,29). The summed E-state index contributed by atoms with van der Waals surface area (Å²) in [5.74, 6) is -1.41. The molecule has 1 aromatic carbocycles. The molecule has 0 aliphatic carbocycles. The Balaban J connectivity index is 1.56. The number of amides is 3. The van der Waals surface area contributed by atoms with Crippen LogP contribution < -0.4 is 5.32 Å². The van der Waals surface area contributed by atoms with Gasteiger partial charge in [-0.1, -0.05) is 0 Å². The predicted octanol–water partition coefficient (Wildman–Crippen LogP) is 3.13. The van der Waals surface area contributed by atoms with Crippen LogP contribution >= 0.6 is 0 Å². The number of ether oxygens (including phenoxy) is 1. The molecule has 3 rings (SSSR count). The molecular formula is C21H24F2N4O3. The van der Waals surface area contributed by atoms with Crippen molar-refractivity contribution in [3.05, 3.63) is 48.2 Å². The minimum atomic E-state index is -0.680. The maximum absolute atomic E-state index is 13.4. The first-order chi connectivity index (χ1) is 14.4. The van der Waals surface area contributed by atoms with E-state index in [2.05, 4.69) is 10.3 Å². The summed E-state index contributed by atoms with van der Waals surface area (Å²) in [6.07, 6.45) is 2.80. The van der Waals surface area contributed by atoms with Crippen LogP contribution in [-0.2, 0) is 9.53 Å². The molecular weight excluding hydrogens is 394 g/mol. The van der Waals surface area contributed by atoms with Crippen LogP contribution in [0.25, 0.3) is 11.3 Å². The highest BCUT2D eigenvalue weighted by molar-refractivity contribution is 5.89. The van der Waals surface area contributed by atoms with Crippen LogP contribution in [0, 0.1) is 11.6 Å². The van der Waals surface area contributed by atoms with E-state index in [1.165, 1.54) is 25.4 Å². The number of piperidine rings is 1. The Morgan fingerprint density at radius 3 is 2.43 bits per heavy atom. The second-order valence-corrected chi connectivity index (χ2v) is 7.18. The summed E-state index contributed by atoms with van der Waals surface area (Å²) in [5, 5.41) is 2.77. The summed E-state index contributed by atoms with van der Waals surface area (Å²) < 4.78 is 31.6. The number of benzene rings is 1. The number of methoxy groups -OCH3 is 1. The Bertz CT molecular complexity index is 879. The van der Waals surface area contributed by atoms with Crippen LogP contribution in [0.15, 0.2) is 36.5 Å². The molecule has 1 saturated heterocycles. The quantitative estimate of drug-likeness (QED) is 0.810. The highest BCUT2D eigenvalue weighted by Gasteiger charge is 2.27. The van der Waals surface area contributed by atoms with Crippen LogP contribution in [0.3, 0.4) is 0 Å². The zero-order valence-electron chi connectivity index (χ0n) is 16.9. The van der Waals surface area contributed by atoms with Gasteiger partial charge in [-0.2, -0.15) is 0 Å². The lowest BCUT2D eigenvalue weighted by Gasteiger charge is -2.36. The van der Waals surface area contributed by atoms with Crippen molar-refractivity contribution in [2.75, 3.05) is 39.2 Å². The summed E-state index contributed by atoms with van der Waals surface area (Å²) in [4.78, 5) is 32.0. The van der Waals surface area contributed by atoms with Crippen molar-refractivity contribution in [2.24, 2.45) is 0 Å². The molecule has 7 nitrogen and oxygen atoms in total. The monoisotopic (exact) mass is 418 g/mol. The van der Waals surface area contributed by atoms with Crippen LogP contribution in [0.4, 0.5) is 19.3 Å². The van der Waals surface area contributed by atoms with E-state index in [1.807, 2.05) is 0 Å². The second kappa shape index (κ2) is 9.62. The molecule has 1 aliphatic rings. The van der Waals surface area contributed by atoms with E-state index >= 15 is 0 Å². The second-order valence-electron chi connectivity index (χ2n) is 7.18. The molecule has 0 spiro atoms. The summed E-state index contributed by atoms with van der Waals surface area (Å²) in [5.41, 5.74) is 1.19. The fourth-order valence-corrected chi connectivity index (χ4v) is 3.44. The van der Waals surface area contributed by atoms with E-state index in [-0.39, 0.29) is 24.6 Å². The van der Waals surface area contributed by atoms with E-state index in [4.69, 9.17) is 4.74 Å². The zero-order chi connectivity index (χ0) is 21.7. The molecule has 0 atom stereocenters. The number of likely N-dealkylation sites (tertiary alicyclic amines) is 1.